The zero-order chi connectivity index (χ0) is 16.3. The summed E-state index contributed by atoms with van der Waals surface area (Å²) in [6.07, 6.45) is 0.560. The third-order valence-electron chi connectivity index (χ3n) is 2.71. The summed E-state index contributed by atoms with van der Waals surface area (Å²) >= 11 is 0. The first kappa shape index (κ1) is 19.3. The molecule has 3 N–H and O–H groups in total. The summed E-state index contributed by atoms with van der Waals surface area (Å²) in [6, 6.07) is 7.61. The van der Waals surface area contributed by atoms with Crippen molar-refractivity contribution in [2.75, 3.05) is 13.6 Å². The topological polar surface area (TPSA) is 70.2 Å². The molecule has 1 unspecified atom stereocenters. The van der Waals surface area contributed by atoms with E-state index in [0.29, 0.717) is 6.42 Å². The van der Waals surface area contributed by atoms with Gasteiger partial charge < -0.3 is 5.32 Å². The number of benzene rings is 1. The highest BCUT2D eigenvalue weighted by atomic mass is 16.2. The molecule has 0 fully saturated rings. The van der Waals surface area contributed by atoms with E-state index in [2.05, 4.69) is 16.2 Å². The molecule has 5 nitrogen and oxygen atoms in total. The van der Waals surface area contributed by atoms with E-state index in [1.165, 1.54) is 12.5 Å². The van der Waals surface area contributed by atoms with Gasteiger partial charge in [0.15, 0.2) is 0 Å². The van der Waals surface area contributed by atoms with Gasteiger partial charge in [-0.3, -0.25) is 15.0 Å². The largest absolute Gasteiger partial charge is 0.348 e. The molecular formula is C16H27N3O2. The van der Waals surface area contributed by atoms with Crippen molar-refractivity contribution in [2.45, 2.75) is 40.2 Å². The van der Waals surface area contributed by atoms with Gasteiger partial charge in [0.2, 0.25) is 5.91 Å². The van der Waals surface area contributed by atoms with E-state index in [1.54, 1.807) is 7.05 Å². The van der Waals surface area contributed by atoms with E-state index in [9.17, 15) is 9.59 Å². The number of hydrazine groups is 1. The van der Waals surface area contributed by atoms with Gasteiger partial charge in [0.1, 0.15) is 11.8 Å². The molecule has 0 aliphatic rings. The lowest BCUT2D eigenvalue weighted by Gasteiger charge is -2.17. The summed E-state index contributed by atoms with van der Waals surface area (Å²) in [5.41, 5.74) is 7.92. The predicted octanol–water partition coefficient (Wildman–Crippen LogP) is 1.36. The molecule has 0 aromatic heterocycles. The van der Waals surface area contributed by atoms with Gasteiger partial charge >= 0.3 is 0 Å². The highest BCUT2D eigenvalue weighted by Gasteiger charge is 2.17. The molecule has 0 saturated carbocycles. The number of hydrogen-bond donors (Lipinski definition) is 3. The fourth-order valence-electron chi connectivity index (χ4n) is 1.68. The Bertz CT molecular complexity index is 430. The third-order valence-corrected chi connectivity index (χ3v) is 2.71. The van der Waals surface area contributed by atoms with Crippen molar-refractivity contribution >= 4 is 11.7 Å². The Balaban J connectivity index is 0.00000191. The Labute approximate surface area is 127 Å². The van der Waals surface area contributed by atoms with Gasteiger partial charge in [-0.05, 0) is 32.9 Å². The Morgan fingerprint density at radius 1 is 1.14 bits per heavy atom. The van der Waals surface area contributed by atoms with Gasteiger partial charge in [0.05, 0.1) is 6.54 Å². The average Bonchev–Trinajstić information content (AvgIpc) is 2.48. The fourth-order valence-corrected chi connectivity index (χ4v) is 1.68. The minimum atomic E-state index is -0.410. The number of hydrogen-bond acceptors (Lipinski definition) is 4. The molecule has 0 aliphatic carbocycles. The maximum absolute atomic E-state index is 11.9. The Morgan fingerprint density at radius 2 is 1.71 bits per heavy atom. The molecule has 0 spiro atoms. The molecule has 5 heteroatoms. The SMILES string of the molecule is CC.CNNC(Cc1ccc(C)cc1)C(=O)NCC(C)=O. The summed E-state index contributed by atoms with van der Waals surface area (Å²) in [7, 11) is 1.71. The van der Waals surface area contributed by atoms with Crippen LogP contribution in [0, 0.1) is 6.92 Å². The van der Waals surface area contributed by atoms with Gasteiger partial charge in [-0.25, -0.2) is 5.43 Å². The van der Waals surface area contributed by atoms with Crippen molar-refractivity contribution in [3.8, 4) is 0 Å². The van der Waals surface area contributed by atoms with Crippen LogP contribution in [0.1, 0.15) is 31.9 Å². The summed E-state index contributed by atoms with van der Waals surface area (Å²) < 4.78 is 0. The molecule has 21 heavy (non-hydrogen) atoms. The molecule has 0 radical (unpaired) electrons. The van der Waals surface area contributed by atoms with E-state index in [-0.39, 0.29) is 18.2 Å². The van der Waals surface area contributed by atoms with Crippen molar-refractivity contribution in [1.29, 1.82) is 0 Å². The van der Waals surface area contributed by atoms with Crippen LogP contribution in [-0.2, 0) is 16.0 Å². The minimum Gasteiger partial charge on any atom is -0.348 e. The number of nitrogens with one attached hydrogen (secondary N) is 3. The van der Waals surface area contributed by atoms with Crippen LogP contribution in [0.2, 0.25) is 0 Å². The number of carbonyl (C=O) groups excluding carboxylic acids is 2. The molecule has 118 valence electrons. The van der Waals surface area contributed by atoms with Crippen molar-refractivity contribution in [2.24, 2.45) is 0 Å². The van der Waals surface area contributed by atoms with Gasteiger partial charge in [0, 0.05) is 0 Å². The number of carbonyl (C=O) groups is 2. The van der Waals surface area contributed by atoms with Crippen LogP contribution in [0.3, 0.4) is 0 Å². The Morgan fingerprint density at radius 3 is 2.19 bits per heavy atom. The molecular weight excluding hydrogens is 266 g/mol. The molecule has 1 aromatic carbocycles. The lowest BCUT2D eigenvalue weighted by Crippen LogP contribution is -2.50. The van der Waals surface area contributed by atoms with Gasteiger partial charge in [-0.15, -0.1) is 0 Å². The lowest BCUT2D eigenvalue weighted by atomic mass is 10.0. The van der Waals surface area contributed by atoms with Crippen LogP contribution in [0.5, 0.6) is 0 Å². The number of amides is 1. The highest BCUT2D eigenvalue weighted by molar-refractivity contribution is 5.87. The average molecular weight is 293 g/mol. The van der Waals surface area contributed by atoms with E-state index in [1.807, 2.05) is 45.0 Å². The van der Waals surface area contributed by atoms with Crippen molar-refractivity contribution in [3.63, 3.8) is 0 Å². The molecule has 1 rings (SSSR count). The van der Waals surface area contributed by atoms with Crippen LogP contribution in [0.4, 0.5) is 0 Å². The smallest absolute Gasteiger partial charge is 0.239 e. The fraction of sp³-hybridized carbons (Fsp3) is 0.500. The second kappa shape index (κ2) is 11.0. The van der Waals surface area contributed by atoms with E-state index < -0.39 is 6.04 Å². The van der Waals surface area contributed by atoms with Gasteiger partial charge in [0.25, 0.3) is 0 Å². The third kappa shape index (κ3) is 8.22. The summed E-state index contributed by atoms with van der Waals surface area (Å²) in [4.78, 5) is 22.8. The van der Waals surface area contributed by atoms with Crippen molar-refractivity contribution < 1.29 is 9.59 Å². The summed E-state index contributed by atoms with van der Waals surface area (Å²) in [5, 5.41) is 2.61. The van der Waals surface area contributed by atoms with E-state index >= 15 is 0 Å². The van der Waals surface area contributed by atoms with Gasteiger partial charge in [-0.2, -0.15) is 0 Å². The lowest BCUT2D eigenvalue weighted by molar-refractivity contribution is -0.126. The second-order valence-electron chi connectivity index (χ2n) is 4.56. The van der Waals surface area contributed by atoms with Crippen LogP contribution < -0.4 is 16.2 Å². The zero-order valence-electron chi connectivity index (χ0n) is 13.6. The van der Waals surface area contributed by atoms with E-state index in [4.69, 9.17) is 0 Å². The first-order valence-electron chi connectivity index (χ1n) is 7.28. The number of aryl methyl sites for hydroxylation is 1. The number of rotatable bonds is 7. The Kier molecular flexibility index (Phi) is 10.1. The zero-order valence-corrected chi connectivity index (χ0v) is 13.6. The first-order valence-corrected chi connectivity index (χ1v) is 7.28. The first-order chi connectivity index (χ1) is 10.0. The monoisotopic (exact) mass is 293 g/mol. The molecule has 1 atom stereocenters. The number of ketones is 1. The van der Waals surface area contributed by atoms with Crippen LogP contribution in [0.25, 0.3) is 0 Å². The number of Topliss-reactive ketones (excluding diaryl/α,β-unsaturated/α-hetero) is 1. The highest BCUT2D eigenvalue weighted by Crippen LogP contribution is 2.06. The summed E-state index contributed by atoms with van der Waals surface area (Å²) in [5.74, 6) is -0.253. The van der Waals surface area contributed by atoms with Crippen LogP contribution in [0.15, 0.2) is 24.3 Å². The quantitative estimate of drug-likeness (QED) is 0.664. The standard InChI is InChI=1S/C14H21N3O2.C2H6/c1-10-4-6-12(7-5-10)8-13(17-15-3)14(19)16-9-11(2)18;1-2/h4-7,13,15,17H,8-9H2,1-3H3,(H,16,19);1-2H3. The van der Waals surface area contributed by atoms with Gasteiger partial charge in [-0.1, -0.05) is 43.7 Å². The van der Waals surface area contributed by atoms with Crippen LogP contribution >= 0.6 is 0 Å². The molecule has 0 saturated heterocycles. The maximum Gasteiger partial charge on any atom is 0.239 e. The van der Waals surface area contributed by atoms with E-state index in [0.717, 1.165) is 5.56 Å². The predicted molar refractivity (Wildman–Crippen MR) is 85.9 cm³/mol. The molecule has 1 aromatic rings. The molecule has 0 aliphatic heterocycles. The van der Waals surface area contributed by atoms with Crippen LogP contribution in [-0.4, -0.2) is 31.3 Å². The normalized spacial score (nSPS) is 11.1. The maximum atomic E-state index is 11.9. The van der Waals surface area contributed by atoms with Crippen molar-refractivity contribution in [1.82, 2.24) is 16.2 Å². The minimum absolute atomic E-state index is 0.0631. The molecule has 1 amide bonds. The summed E-state index contributed by atoms with van der Waals surface area (Å²) in [6.45, 7) is 7.53. The Hall–Kier alpha value is -1.72. The molecule has 0 heterocycles. The second-order valence-corrected chi connectivity index (χ2v) is 4.56. The van der Waals surface area contributed by atoms with Crippen molar-refractivity contribution in [3.05, 3.63) is 35.4 Å². The molecule has 0 bridgehead atoms.